The molecule has 0 saturated carbocycles. The van der Waals surface area contributed by atoms with Gasteiger partial charge >= 0.3 is 0 Å². The van der Waals surface area contributed by atoms with Crippen molar-refractivity contribution in [2.75, 3.05) is 26.2 Å². The zero-order chi connectivity index (χ0) is 16.4. The SMILES string of the molecule is O=S(=O)(c1cccc(Cl)c1)N1CCN(Cc2ccc(Cl)s2)CC1. The molecule has 2 heterocycles. The fourth-order valence-corrected chi connectivity index (χ4v) is 5.42. The molecule has 1 aliphatic heterocycles. The summed E-state index contributed by atoms with van der Waals surface area (Å²) >= 11 is 13.4. The fraction of sp³-hybridized carbons (Fsp3) is 0.333. The molecule has 8 heteroatoms. The summed E-state index contributed by atoms with van der Waals surface area (Å²) in [5, 5.41) is 0.430. The molecule has 0 amide bonds. The van der Waals surface area contributed by atoms with Crippen LogP contribution in [-0.2, 0) is 16.6 Å². The Kier molecular flexibility index (Phi) is 5.30. The number of piperazine rings is 1. The minimum Gasteiger partial charge on any atom is -0.296 e. The molecule has 3 rings (SSSR count). The van der Waals surface area contributed by atoms with Crippen LogP contribution in [0.15, 0.2) is 41.3 Å². The van der Waals surface area contributed by atoms with Gasteiger partial charge in [0.1, 0.15) is 0 Å². The van der Waals surface area contributed by atoms with Crippen molar-refractivity contribution in [3.05, 3.63) is 50.6 Å². The van der Waals surface area contributed by atoms with Crippen LogP contribution in [0.3, 0.4) is 0 Å². The molecule has 0 atom stereocenters. The van der Waals surface area contributed by atoms with Gasteiger partial charge in [-0.05, 0) is 30.3 Å². The van der Waals surface area contributed by atoms with Crippen LogP contribution in [0.1, 0.15) is 4.88 Å². The number of benzene rings is 1. The van der Waals surface area contributed by atoms with Gasteiger partial charge in [-0.15, -0.1) is 11.3 Å². The van der Waals surface area contributed by atoms with Crippen molar-refractivity contribution >= 4 is 44.6 Å². The molecule has 124 valence electrons. The average Bonchev–Trinajstić information content (AvgIpc) is 2.93. The second-order valence-corrected chi connectivity index (χ2v) is 9.52. The van der Waals surface area contributed by atoms with E-state index in [0.717, 1.165) is 10.9 Å². The molecule has 0 radical (unpaired) electrons. The third-order valence-electron chi connectivity index (χ3n) is 3.77. The molecule has 0 bridgehead atoms. The van der Waals surface area contributed by atoms with Crippen LogP contribution < -0.4 is 0 Å². The van der Waals surface area contributed by atoms with Crippen molar-refractivity contribution in [1.29, 1.82) is 0 Å². The van der Waals surface area contributed by atoms with Crippen LogP contribution in [-0.4, -0.2) is 43.8 Å². The first kappa shape index (κ1) is 17.2. The van der Waals surface area contributed by atoms with Crippen LogP contribution in [0.4, 0.5) is 0 Å². The second kappa shape index (κ2) is 7.09. The summed E-state index contributed by atoms with van der Waals surface area (Å²) in [4.78, 5) is 3.69. The van der Waals surface area contributed by atoms with Gasteiger partial charge in [0.2, 0.25) is 10.0 Å². The maximum atomic E-state index is 12.6. The number of thiophene rings is 1. The van der Waals surface area contributed by atoms with Gasteiger partial charge in [-0.3, -0.25) is 4.90 Å². The third-order valence-corrected chi connectivity index (χ3v) is 7.12. The maximum absolute atomic E-state index is 12.6. The molecule has 1 fully saturated rings. The van der Waals surface area contributed by atoms with E-state index >= 15 is 0 Å². The number of hydrogen-bond acceptors (Lipinski definition) is 4. The Morgan fingerprint density at radius 1 is 1.04 bits per heavy atom. The summed E-state index contributed by atoms with van der Waals surface area (Å²) in [5.74, 6) is 0. The van der Waals surface area contributed by atoms with E-state index in [9.17, 15) is 8.42 Å². The molecule has 4 nitrogen and oxygen atoms in total. The lowest BCUT2D eigenvalue weighted by atomic mass is 10.3. The van der Waals surface area contributed by atoms with Crippen molar-refractivity contribution in [1.82, 2.24) is 9.21 Å². The van der Waals surface area contributed by atoms with Crippen LogP contribution in [0, 0.1) is 0 Å². The highest BCUT2D eigenvalue weighted by Crippen LogP contribution is 2.24. The number of hydrogen-bond donors (Lipinski definition) is 0. The van der Waals surface area contributed by atoms with E-state index < -0.39 is 10.0 Å². The molecule has 0 spiro atoms. The molecule has 1 saturated heterocycles. The lowest BCUT2D eigenvalue weighted by molar-refractivity contribution is 0.183. The monoisotopic (exact) mass is 390 g/mol. The Morgan fingerprint density at radius 2 is 1.78 bits per heavy atom. The topological polar surface area (TPSA) is 40.6 Å². The Hall–Kier alpha value is -0.630. The normalized spacial score (nSPS) is 17.5. The van der Waals surface area contributed by atoms with E-state index in [0.29, 0.717) is 31.2 Å². The van der Waals surface area contributed by atoms with Crippen LogP contribution in [0.25, 0.3) is 0 Å². The molecule has 1 aromatic carbocycles. The van der Waals surface area contributed by atoms with Crippen LogP contribution in [0.5, 0.6) is 0 Å². The Morgan fingerprint density at radius 3 is 2.39 bits per heavy atom. The van der Waals surface area contributed by atoms with Gasteiger partial charge in [0, 0.05) is 42.6 Å². The van der Waals surface area contributed by atoms with Gasteiger partial charge in [0.05, 0.1) is 9.23 Å². The number of rotatable bonds is 4. The summed E-state index contributed by atoms with van der Waals surface area (Å²) in [7, 11) is -3.47. The number of sulfonamides is 1. The summed E-state index contributed by atoms with van der Waals surface area (Å²) in [6.07, 6.45) is 0. The molecule has 23 heavy (non-hydrogen) atoms. The largest absolute Gasteiger partial charge is 0.296 e. The first-order chi connectivity index (χ1) is 10.9. The van der Waals surface area contributed by atoms with Gasteiger partial charge in [-0.1, -0.05) is 29.3 Å². The van der Waals surface area contributed by atoms with E-state index in [-0.39, 0.29) is 4.90 Å². The summed E-state index contributed by atoms with van der Waals surface area (Å²) in [6, 6.07) is 10.3. The molecule has 2 aromatic rings. The zero-order valence-electron chi connectivity index (χ0n) is 12.3. The second-order valence-electron chi connectivity index (χ2n) is 5.34. The average molecular weight is 391 g/mol. The quantitative estimate of drug-likeness (QED) is 0.800. The van der Waals surface area contributed by atoms with Crippen molar-refractivity contribution in [2.24, 2.45) is 0 Å². The number of halogens is 2. The summed E-state index contributed by atoms with van der Waals surface area (Å²) in [6.45, 7) is 3.18. The van der Waals surface area contributed by atoms with Gasteiger partial charge in [0.25, 0.3) is 0 Å². The van der Waals surface area contributed by atoms with Crippen molar-refractivity contribution in [3.8, 4) is 0 Å². The predicted octanol–water partition coefficient (Wildman–Crippen LogP) is 3.56. The van der Waals surface area contributed by atoms with E-state index in [1.807, 2.05) is 12.1 Å². The lowest BCUT2D eigenvalue weighted by Gasteiger charge is -2.33. The highest BCUT2D eigenvalue weighted by atomic mass is 35.5. The molecular formula is C15H16Cl2N2O2S2. The summed E-state index contributed by atoms with van der Waals surface area (Å²) < 4.78 is 27.6. The smallest absolute Gasteiger partial charge is 0.243 e. The van der Waals surface area contributed by atoms with E-state index in [2.05, 4.69) is 4.90 Å². The number of nitrogens with zero attached hydrogens (tertiary/aromatic N) is 2. The molecule has 0 aliphatic carbocycles. The van der Waals surface area contributed by atoms with Crippen molar-refractivity contribution in [3.63, 3.8) is 0 Å². The van der Waals surface area contributed by atoms with Crippen LogP contribution >= 0.6 is 34.5 Å². The Bertz CT molecular complexity index is 784. The first-order valence-corrected chi connectivity index (χ1v) is 10.2. The minimum atomic E-state index is -3.47. The van der Waals surface area contributed by atoms with E-state index in [1.54, 1.807) is 29.5 Å². The first-order valence-electron chi connectivity index (χ1n) is 7.17. The van der Waals surface area contributed by atoms with E-state index in [1.165, 1.54) is 15.2 Å². The van der Waals surface area contributed by atoms with Crippen molar-refractivity contribution in [2.45, 2.75) is 11.4 Å². The standard InChI is InChI=1S/C15H16Cl2N2O2S2/c16-12-2-1-3-14(10-12)23(20,21)19-8-6-18(7-9-19)11-13-4-5-15(17)22-13/h1-5,10H,6-9,11H2. The predicted molar refractivity (Wildman–Crippen MR) is 94.8 cm³/mol. The minimum absolute atomic E-state index is 0.253. The maximum Gasteiger partial charge on any atom is 0.243 e. The fourth-order valence-electron chi connectivity index (χ4n) is 2.56. The van der Waals surface area contributed by atoms with Gasteiger partial charge in [-0.25, -0.2) is 8.42 Å². The third kappa shape index (κ3) is 4.07. The molecule has 0 N–H and O–H groups in total. The molecule has 1 aromatic heterocycles. The Labute approximate surface area is 150 Å². The highest BCUT2D eigenvalue weighted by molar-refractivity contribution is 7.89. The van der Waals surface area contributed by atoms with Gasteiger partial charge in [0.15, 0.2) is 0 Å². The van der Waals surface area contributed by atoms with Gasteiger partial charge < -0.3 is 0 Å². The molecular weight excluding hydrogens is 375 g/mol. The van der Waals surface area contributed by atoms with Crippen LogP contribution in [0.2, 0.25) is 9.36 Å². The summed E-state index contributed by atoms with van der Waals surface area (Å²) in [5.41, 5.74) is 0. The Balaban J connectivity index is 1.64. The zero-order valence-corrected chi connectivity index (χ0v) is 15.4. The van der Waals surface area contributed by atoms with Crippen molar-refractivity contribution < 1.29 is 8.42 Å². The van der Waals surface area contributed by atoms with Gasteiger partial charge in [-0.2, -0.15) is 4.31 Å². The molecule has 1 aliphatic rings. The highest BCUT2D eigenvalue weighted by Gasteiger charge is 2.28. The lowest BCUT2D eigenvalue weighted by Crippen LogP contribution is -2.48. The van der Waals surface area contributed by atoms with E-state index in [4.69, 9.17) is 23.2 Å². The molecule has 0 unspecified atom stereocenters.